The number of hydrogen-bond donors (Lipinski definition) is 0. The Morgan fingerprint density at radius 1 is 1.36 bits per heavy atom. The van der Waals surface area contributed by atoms with E-state index in [9.17, 15) is 4.79 Å². The van der Waals surface area contributed by atoms with Gasteiger partial charge in [0.25, 0.3) is 6.47 Å². The van der Waals surface area contributed by atoms with Gasteiger partial charge in [-0.15, -0.1) is 11.3 Å². The molecule has 1 rings (SSSR count). The molecule has 0 atom stereocenters. The molecule has 4 heteroatoms. The highest BCUT2D eigenvalue weighted by molar-refractivity contribution is 7.09. The molecular weight excluding hydrogens is 198 g/mol. The Balaban J connectivity index is 1.87. The second-order valence-corrected chi connectivity index (χ2v) is 4.04. The van der Waals surface area contributed by atoms with Crippen molar-refractivity contribution in [1.82, 2.24) is 4.98 Å². The van der Waals surface area contributed by atoms with E-state index in [4.69, 9.17) is 0 Å². The Hall–Kier alpha value is -0.900. The van der Waals surface area contributed by atoms with Crippen LogP contribution in [-0.2, 0) is 16.0 Å². The molecule has 0 amide bonds. The molecule has 1 aromatic rings. The predicted octanol–water partition coefficient (Wildman–Crippen LogP) is 2.42. The van der Waals surface area contributed by atoms with E-state index in [-0.39, 0.29) is 0 Å². The third kappa shape index (κ3) is 4.97. The third-order valence-electron chi connectivity index (χ3n) is 1.95. The van der Waals surface area contributed by atoms with Gasteiger partial charge in [-0.1, -0.05) is 12.8 Å². The molecule has 1 heterocycles. The van der Waals surface area contributed by atoms with Gasteiger partial charge in [0, 0.05) is 11.6 Å². The molecule has 0 fully saturated rings. The molecule has 0 aromatic carbocycles. The van der Waals surface area contributed by atoms with E-state index in [1.165, 1.54) is 17.8 Å². The van der Waals surface area contributed by atoms with Crippen LogP contribution in [0.5, 0.6) is 0 Å². The van der Waals surface area contributed by atoms with Crippen LogP contribution in [0.1, 0.15) is 30.7 Å². The number of aryl methyl sites for hydroxylation is 1. The Bertz CT molecular complexity index is 236. The Labute approximate surface area is 88.1 Å². The highest BCUT2D eigenvalue weighted by Gasteiger charge is 1.95. The number of carbonyl (C=O) groups excluding carboxylic acids is 1. The molecule has 0 saturated carbocycles. The van der Waals surface area contributed by atoms with Crippen molar-refractivity contribution < 1.29 is 9.53 Å². The summed E-state index contributed by atoms with van der Waals surface area (Å²) in [5, 5.41) is 3.22. The fraction of sp³-hybridized carbons (Fsp3) is 0.600. The highest BCUT2D eigenvalue weighted by Crippen LogP contribution is 2.09. The van der Waals surface area contributed by atoms with Crippen LogP contribution in [0.2, 0.25) is 0 Å². The van der Waals surface area contributed by atoms with Gasteiger partial charge in [0.2, 0.25) is 0 Å². The first-order chi connectivity index (χ1) is 6.93. The number of unbranched alkanes of at least 4 members (excludes halogenated alkanes) is 3. The number of thiazole rings is 1. The Kier molecular flexibility index (Phi) is 5.99. The summed E-state index contributed by atoms with van der Waals surface area (Å²) in [5.74, 6) is 0. The quantitative estimate of drug-likeness (QED) is 0.492. The fourth-order valence-electron chi connectivity index (χ4n) is 1.24. The molecule has 0 bridgehead atoms. The number of carbonyl (C=O) groups is 1. The van der Waals surface area contributed by atoms with Crippen molar-refractivity contribution in [1.29, 1.82) is 0 Å². The average molecular weight is 213 g/mol. The first kappa shape index (κ1) is 11.2. The van der Waals surface area contributed by atoms with E-state index in [1.54, 1.807) is 11.3 Å². The lowest BCUT2D eigenvalue weighted by atomic mass is 10.1. The van der Waals surface area contributed by atoms with Gasteiger partial charge in [-0.05, 0) is 19.3 Å². The van der Waals surface area contributed by atoms with Crippen LogP contribution in [0, 0.1) is 0 Å². The molecule has 0 saturated heterocycles. The zero-order valence-corrected chi connectivity index (χ0v) is 8.96. The lowest BCUT2D eigenvalue weighted by Crippen LogP contribution is -1.92. The maximum atomic E-state index is 9.82. The molecular formula is C10H15NO2S. The minimum absolute atomic E-state index is 0.509. The monoisotopic (exact) mass is 213 g/mol. The summed E-state index contributed by atoms with van der Waals surface area (Å²) in [6.07, 6.45) is 7.37. The minimum Gasteiger partial charge on any atom is -0.468 e. The lowest BCUT2D eigenvalue weighted by molar-refractivity contribution is -0.128. The van der Waals surface area contributed by atoms with Gasteiger partial charge in [-0.3, -0.25) is 4.79 Å². The molecule has 0 unspecified atom stereocenters. The van der Waals surface area contributed by atoms with Crippen molar-refractivity contribution >= 4 is 17.8 Å². The minimum atomic E-state index is 0.509. The van der Waals surface area contributed by atoms with Gasteiger partial charge >= 0.3 is 0 Å². The molecule has 0 aliphatic carbocycles. The second kappa shape index (κ2) is 7.50. The Morgan fingerprint density at radius 3 is 2.93 bits per heavy atom. The van der Waals surface area contributed by atoms with Crippen molar-refractivity contribution in [2.45, 2.75) is 32.1 Å². The van der Waals surface area contributed by atoms with E-state index in [0.717, 1.165) is 19.3 Å². The van der Waals surface area contributed by atoms with Crippen molar-refractivity contribution in [3.63, 3.8) is 0 Å². The number of hydrogen-bond acceptors (Lipinski definition) is 4. The van der Waals surface area contributed by atoms with Crippen LogP contribution < -0.4 is 0 Å². The summed E-state index contributed by atoms with van der Waals surface area (Å²) in [7, 11) is 0. The van der Waals surface area contributed by atoms with Gasteiger partial charge in [-0.2, -0.15) is 0 Å². The normalized spacial score (nSPS) is 10.0. The van der Waals surface area contributed by atoms with Crippen LogP contribution in [0.3, 0.4) is 0 Å². The number of nitrogens with zero attached hydrogens (tertiary/aromatic N) is 1. The smallest absolute Gasteiger partial charge is 0.293 e. The standard InChI is InChI=1S/C10H15NO2S/c12-9-13-7-4-2-1-3-5-10-11-6-8-14-10/h6,8-9H,1-5,7H2. The zero-order valence-electron chi connectivity index (χ0n) is 8.15. The van der Waals surface area contributed by atoms with Gasteiger partial charge in [0.05, 0.1) is 11.6 Å². The number of ether oxygens (including phenoxy) is 1. The van der Waals surface area contributed by atoms with Crippen molar-refractivity contribution in [3.8, 4) is 0 Å². The summed E-state index contributed by atoms with van der Waals surface area (Å²) in [6.45, 7) is 1.07. The molecule has 14 heavy (non-hydrogen) atoms. The van der Waals surface area contributed by atoms with Crippen LogP contribution in [0.4, 0.5) is 0 Å². The fourth-order valence-corrected chi connectivity index (χ4v) is 1.90. The molecule has 0 N–H and O–H groups in total. The third-order valence-corrected chi connectivity index (χ3v) is 2.79. The van der Waals surface area contributed by atoms with Gasteiger partial charge < -0.3 is 4.74 Å². The molecule has 78 valence electrons. The van der Waals surface area contributed by atoms with E-state index < -0.39 is 0 Å². The summed E-state index contributed by atoms with van der Waals surface area (Å²) in [6, 6.07) is 0. The van der Waals surface area contributed by atoms with Crippen molar-refractivity contribution in [2.24, 2.45) is 0 Å². The zero-order chi connectivity index (χ0) is 10.1. The molecule has 0 radical (unpaired) electrons. The highest BCUT2D eigenvalue weighted by atomic mass is 32.1. The average Bonchev–Trinajstić information content (AvgIpc) is 2.69. The second-order valence-electron chi connectivity index (χ2n) is 3.06. The molecule has 3 nitrogen and oxygen atoms in total. The molecule has 0 aliphatic heterocycles. The van der Waals surface area contributed by atoms with Crippen LogP contribution >= 0.6 is 11.3 Å². The van der Waals surface area contributed by atoms with E-state index >= 15 is 0 Å². The summed E-state index contributed by atoms with van der Waals surface area (Å²) in [4.78, 5) is 14.0. The summed E-state index contributed by atoms with van der Waals surface area (Å²) < 4.78 is 4.60. The number of aromatic nitrogens is 1. The molecule has 1 aromatic heterocycles. The van der Waals surface area contributed by atoms with Crippen molar-refractivity contribution in [3.05, 3.63) is 16.6 Å². The summed E-state index contributed by atoms with van der Waals surface area (Å²) >= 11 is 1.71. The van der Waals surface area contributed by atoms with E-state index in [0.29, 0.717) is 13.1 Å². The number of rotatable bonds is 8. The Morgan fingerprint density at radius 2 is 2.21 bits per heavy atom. The van der Waals surface area contributed by atoms with Gasteiger partial charge in [0.1, 0.15) is 0 Å². The maximum absolute atomic E-state index is 9.82. The summed E-state index contributed by atoms with van der Waals surface area (Å²) in [5.41, 5.74) is 0. The van der Waals surface area contributed by atoms with Crippen LogP contribution in [-0.4, -0.2) is 18.1 Å². The SMILES string of the molecule is O=COCCCCCCc1nccs1. The van der Waals surface area contributed by atoms with Crippen LogP contribution in [0.25, 0.3) is 0 Å². The molecule has 0 spiro atoms. The predicted molar refractivity (Wildman–Crippen MR) is 56.3 cm³/mol. The lowest BCUT2D eigenvalue weighted by Gasteiger charge is -1.99. The van der Waals surface area contributed by atoms with Gasteiger partial charge in [0.15, 0.2) is 0 Å². The molecule has 0 aliphatic rings. The van der Waals surface area contributed by atoms with Crippen molar-refractivity contribution in [2.75, 3.05) is 6.61 Å². The first-order valence-electron chi connectivity index (χ1n) is 4.87. The van der Waals surface area contributed by atoms with E-state index in [2.05, 4.69) is 9.72 Å². The largest absolute Gasteiger partial charge is 0.468 e. The van der Waals surface area contributed by atoms with Crippen LogP contribution in [0.15, 0.2) is 11.6 Å². The first-order valence-corrected chi connectivity index (χ1v) is 5.75. The topological polar surface area (TPSA) is 39.2 Å². The van der Waals surface area contributed by atoms with Gasteiger partial charge in [-0.25, -0.2) is 4.98 Å². The van der Waals surface area contributed by atoms with E-state index in [1.807, 2.05) is 11.6 Å². The maximum Gasteiger partial charge on any atom is 0.293 e.